The van der Waals surface area contributed by atoms with Crippen LogP contribution in [0, 0.1) is 3.57 Å². The summed E-state index contributed by atoms with van der Waals surface area (Å²) in [7, 11) is 0. The topological polar surface area (TPSA) is 29.1 Å². The third-order valence-corrected chi connectivity index (χ3v) is 4.20. The number of carbonyl (C=O) groups excluding carboxylic acids is 1. The normalized spacial score (nSPS) is 10.4. The summed E-state index contributed by atoms with van der Waals surface area (Å²) in [4.78, 5) is 12.2. The summed E-state index contributed by atoms with van der Waals surface area (Å²) >= 11 is 8.24. The standard InChI is InChI=1S/C17H17ClINO/c1-2-3-4-12-5-8-14(9-6-12)20-17(21)15-11-13(19)7-10-16(15)18/h5-11H,2-4H2,1H3,(H,20,21). The molecule has 0 unspecified atom stereocenters. The molecule has 2 aromatic carbocycles. The fraction of sp³-hybridized carbons (Fsp3) is 0.235. The number of aryl methyl sites for hydroxylation is 1. The van der Waals surface area contributed by atoms with Gasteiger partial charge in [-0.25, -0.2) is 0 Å². The van der Waals surface area contributed by atoms with E-state index in [1.807, 2.05) is 18.2 Å². The van der Waals surface area contributed by atoms with E-state index in [-0.39, 0.29) is 5.91 Å². The minimum absolute atomic E-state index is 0.181. The van der Waals surface area contributed by atoms with Crippen molar-refractivity contribution < 1.29 is 4.79 Å². The summed E-state index contributed by atoms with van der Waals surface area (Å²) in [5.41, 5.74) is 2.58. The van der Waals surface area contributed by atoms with Gasteiger partial charge in [0.15, 0.2) is 0 Å². The molecular formula is C17H17ClINO. The van der Waals surface area contributed by atoms with Crippen LogP contribution in [0.1, 0.15) is 35.7 Å². The Kier molecular flexibility index (Phi) is 6.06. The van der Waals surface area contributed by atoms with E-state index in [0.717, 1.165) is 15.7 Å². The van der Waals surface area contributed by atoms with Gasteiger partial charge in [0.25, 0.3) is 5.91 Å². The third kappa shape index (κ3) is 4.71. The summed E-state index contributed by atoms with van der Waals surface area (Å²) in [5.74, 6) is -0.181. The molecule has 0 aliphatic heterocycles. The highest BCUT2D eigenvalue weighted by atomic mass is 127. The summed E-state index contributed by atoms with van der Waals surface area (Å²) in [6.45, 7) is 2.18. The van der Waals surface area contributed by atoms with Crippen molar-refractivity contribution in [1.82, 2.24) is 0 Å². The summed E-state index contributed by atoms with van der Waals surface area (Å²) in [5, 5.41) is 3.35. The molecule has 0 aliphatic carbocycles. The lowest BCUT2D eigenvalue weighted by atomic mass is 10.1. The van der Waals surface area contributed by atoms with Crippen molar-refractivity contribution >= 4 is 45.8 Å². The van der Waals surface area contributed by atoms with Crippen LogP contribution < -0.4 is 5.32 Å². The molecule has 0 spiro atoms. The second kappa shape index (κ2) is 7.80. The predicted molar refractivity (Wildman–Crippen MR) is 97.2 cm³/mol. The SMILES string of the molecule is CCCCc1ccc(NC(=O)c2cc(I)ccc2Cl)cc1. The number of carbonyl (C=O) groups is 1. The number of benzene rings is 2. The van der Waals surface area contributed by atoms with Gasteiger partial charge >= 0.3 is 0 Å². The fourth-order valence-electron chi connectivity index (χ4n) is 2.01. The molecule has 1 amide bonds. The first kappa shape index (κ1) is 16.3. The molecule has 2 aromatic rings. The highest BCUT2D eigenvalue weighted by Crippen LogP contribution is 2.20. The van der Waals surface area contributed by atoms with Gasteiger partial charge in [-0.05, 0) is 71.3 Å². The number of anilines is 1. The van der Waals surface area contributed by atoms with E-state index in [1.165, 1.54) is 18.4 Å². The molecule has 4 heteroatoms. The largest absolute Gasteiger partial charge is 0.322 e. The maximum absolute atomic E-state index is 12.2. The molecule has 1 N–H and O–H groups in total. The first-order valence-electron chi connectivity index (χ1n) is 6.95. The lowest BCUT2D eigenvalue weighted by Gasteiger charge is -2.08. The first-order chi connectivity index (χ1) is 10.1. The number of nitrogens with one attached hydrogen (secondary N) is 1. The van der Waals surface area contributed by atoms with Crippen molar-refractivity contribution in [1.29, 1.82) is 0 Å². The van der Waals surface area contributed by atoms with Crippen LogP contribution in [-0.4, -0.2) is 5.91 Å². The van der Waals surface area contributed by atoms with Crippen LogP contribution in [0.5, 0.6) is 0 Å². The van der Waals surface area contributed by atoms with E-state index < -0.39 is 0 Å². The molecule has 0 saturated carbocycles. The van der Waals surface area contributed by atoms with Gasteiger partial charge in [-0.2, -0.15) is 0 Å². The number of amides is 1. The molecule has 2 rings (SSSR count). The molecule has 0 fully saturated rings. The highest BCUT2D eigenvalue weighted by molar-refractivity contribution is 14.1. The number of unbranched alkanes of at least 4 members (excludes halogenated alkanes) is 1. The molecule has 0 bridgehead atoms. The molecule has 0 aliphatic rings. The van der Waals surface area contributed by atoms with Crippen LogP contribution in [0.3, 0.4) is 0 Å². The van der Waals surface area contributed by atoms with Gasteiger partial charge in [0.05, 0.1) is 10.6 Å². The Bertz CT molecular complexity index is 625. The number of halogens is 2. The molecule has 2 nitrogen and oxygen atoms in total. The zero-order valence-corrected chi connectivity index (χ0v) is 14.7. The van der Waals surface area contributed by atoms with Crippen molar-refractivity contribution in [3.05, 3.63) is 62.2 Å². The molecule has 0 radical (unpaired) electrons. The van der Waals surface area contributed by atoms with Gasteiger partial charge in [-0.15, -0.1) is 0 Å². The second-order valence-corrected chi connectivity index (χ2v) is 6.53. The fourth-order valence-corrected chi connectivity index (χ4v) is 2.70. The van der Waals surface area contributed by atoms with Gasteiger partial charge < -0.3 is 5.32 Å². The van der Waals surface area contributed by atoms with Crippen LogP contribution in [0.25, 0.3) is 0 Å². The highest BCUT2D eigenvalue weighted by Gasteiger charge is 2.11. The lowest BCUT2D eigenvalue weighted by Crippen LogP contribution is -2.12. The molecular weight excluding hydrogens is 397 g/mol. The predicted octanol–water partition coefficient (Wildman–Crippen LogP) is 5.54. The van der Waals surface area contributed by atoms with Gasteiger partial charge in [-0.3, -0.25) is 4.79 Å². The first-order valence-corrected chi connectivity index (χ1v) is 8.41. The van der Waals surface area contributed by atoms with Crippen molar-refractivity contribution in [2.45, 2.75) is 26.2 Å². The Morgan fingerprint density at radius 1 is 1.19 bits per heavy atom. The molecule has 0 atom stereocenters. The Labute approximate surface area is 144 Å². The Hall–Kier alpha value is -1.07. The zero-order chi connectivity index (χ0) is 15.2. The van der Waals surface area contributed by atoms with Crippen molar-refractivity contribution in [2.75, 3.05) is 5.32 Å². The van der Waals surface area contributed by atoms with Gasteiger partial charge in [0.1, 0.15) is 0 Å². The summed E-state index contributed by atoms with van der Waals surface area (Å²) in [6, 6.07) is 13.4. The lowest BCUT2D eigenvalue weighted by molar-refractivity contribution is 0.102. The van der Waals surface area contributed by atoms with E-state index in [4.69, 9.17) is 11.6 Å². The van der Waals surface area contributed by atoms with E-state index in [9.17, 15) is 4.79 Å². The smallest absolute Gasteiger partial charge is 0.257 e. The third-order valence-electron chi connectivity index (χ3n) is 3.20. The Morgan fingerprint density at radius 3 is 2.57 bits per heavy atom. The number of hydrogen-bond acceptors (Lipinski definition) is 1. The minimum Gasteiger partial charge on any atom is -0.322 e. The maximum atomic E-state index is 12.2. The van der Waals surface area contributed by atoms with Crippen molar-refractivity contribution in [2.24, 2.45) is 0 Å². The van der Waals surface area contributed by atoms with E-state index >= 15 is 0 Å². The van der Waals surface area contributed by atoms with E-state index in [1.54, 1.807) is 12.1 Å². The maximum Gasteiger partial charge on any atom is 0.257 e. The molecule has 0 aromatic heterocycles. The summed E-state index contributed by atoms with van der Waals surface area (Å²) < 4.78 is 0.983. The van der Waals surface area contributed by atoms with E-state index in [0.29, 0.717) is 10.6 Å². The van der Waals surface area contributed by atoms with E-state index in [2.05, 4.69) is 47.0 Å². The van der Waals surface area contributed by atoms with Gasteiger partial charge in [0.2, 0.25) is 0 Å². The quantitative estimate of drug-likeness (QED) is 0.641. The van der Waals surface area contributed by atoms with Crippen molar-refractivity contribution in [3.8, 4) is 0 Å². The Morgan fingerprint density at radius 2 is 1.90 bits per heavy atom. The minimum atomic E-state index is -0.181. The van der Waals surface area contributed by atoms with Gasteiger partial charge in [0, 0.05) is 9.26 Å². The van der Waals surface area contributed by atoms with Crippen LogP contribution in [-0.2, 0) is 6.42 Å². The molecule has 21 heavy (non-hydrogen) atoms. The number of hydrogen-bond donors (Lipinski definition) is 1. The second-order valence-electron chi connectivity index (χ2n) is 4.88. The van der Waals surface area contributed by atoms with Crippen molar-refractivity contribution in [3.63, 3.8) is 0 Å². The van der Waals surface area contributed by atoms with Crippen LogP contribution in [0.4, 0.5) is 5.69 Å². The van der Waals surface area contributed by atoms with Crippen LogP contribution in [0.2, 0.25) is 5.02 Å². The average molecular weight is 414 g/mol. The van der Waals surface area contributed by atoms with Crippen LogP contribution >= 0.6 is 34.2 Å². The number of rotatable bonds is 5. The summed E-state index contributed by atoms with van der Waals surface area (Å²) in [6.07, 6.45) is 3.45. The Balaban J connectivity index is 2.07. The molecule has 110 valence electrons. The monoisotopic (exact) mass is 413 g/mol. The molecule has 0 saturated heterocycles. The average Bonchev–Trinajstić information content (AvgIpc) is 2.49. The molecule has 0 heterocycles. The van der Waals surface area contributed by atoms with Crippen LogP contribution in [0.15, 0.2) is 42.5 Å². The zero-order valence-electron chi connectivity index (χ0n) is 11.8. The van der Waals surface area contributed by atoms with Gasteiger partial charge in [-0.1, -0.05) is 37.1 Å².